The van der Waals surface area contributed by atoms with Gasteiger partial charge in [-0.1, -0.05) is 23.7 Å². The molecule has 2 aromatic carbocycles. The lowest BCUT2D eigenvalue weighted by molar-refractivity contribution is -0.137. The maximum absolute atomic E-state index is 12.7. The first-order chi connectivity index (χ1) is 10.2. The van der Waals surface area contributed by atoms with E-state index in [1.165, 1.54) is 0 Å². The number of alkyl halides is 3. The van der Waals surface area contributed by atoms with Crippen LogP contribution in [-0.2, 0) is 6.18 Å². The van der Waals surface area contributed by atoms with Crippen molar-refractivity contribution in [1.29, 1.82) is 0 Å². The Balaban J connectivity index is 2.28. The van der Waals surface area contributed by atoms with Gasteiger partial charge >= 0.3 is 6.18 Å². The fourth-order valence-corrected chi connectivity index (χ4v) is 2.19. The van der Waals surface area contributed by atoms with Gasteiger partial charge in [-0.05, 0) is 36.8 Å². The smallest absolute Gasteiger partial charge is 0.397 e. The first-order valence-corrected chi connectivity index (χ1v) is 6.77. The third-order valence-corrected chi connectivity index (χ3v) is 3.43. The molecule has 0 radical (unpaired) electrons. The minimum Gasteiger partial charge on any atom is -0.397 e. The Kier molecular flexibility index (Phi) is 4.53. The molecule has 1 atom stereocenters. The van der Waals surface area contributed by atoms with Crippen molar-refractivity contribution in [3.8, 4) is 0 Å². The lowest BCUT2D eigenvalue weighted by Gasteiger charge is -2.15. The highest BCUT2D eigenvalue weighted by Gasteiger charge is 2.33. The van der Waals surface area contributed by atoms with Crippen LogP contribution in [0.3, 0.4) is 0 Å². The van der Waals surface area contributed by atoms with Crippen molar-refractivity contribution in [1.82, 2.24) is 0 Å². The summed E-state index contributed by atoms with van der Waals surface area (Å²) in [6.07, 6.45) is -5.15. The molecule has 2 rings (SSSR count). The zero-order chi connectivity index (χ0) is 16.5. The van der Waals surface area contributed by atoms with Gasteiger partial charge in [-0.15, -0.1) is 0 Å². The van der Waals surface area contributed by atoms with E-state index in [2.05, 4.69) is 5.32 Å². The normalized spacial score (nSPS) is 13.0. The minimum absolute atomic E-state index is 0.0590. The fourth-order valence-electron chi connectivity index (χ4n) is 1.92. The molecule has 118 valence electrons. The second-order valence-corrected chi connectivity index (χ2v) is 5.25. The van der Waals surface area contributed by atoms with Crippen LogP contribution in [0.25, 0.3) is 0 Å². The Morgan fingerprint density at radius 3 is 2.27 bits per heavy atom. The molecule has 0 spiro atoms. The van der Waals surface area contributed by atoms with Crippen molar-refractivity contribution in [2.75, 3.05) is 11.1 Å². The summed E-state index contributed by atoms with van der Waals surface area (Å²) in [5, 5.41) is 11.9. The Morgan fingerprint density at radius 1 is 1.18 bits per heavy atom. The van der Waals surface area contributed by atoms with E-state index in [0.717, 1.165) is 17.7 Å². The van der Waals surface area contributed by atoms with Gasteiger partial charge in [0, 0.05) is 5.69 Å². The highest BCUT2D eigenvalue weighted by Crippen LogP contribution is 2.39. The molecule has 0 fully saturated rings. The zero-order valence-electron chi connectivity index (χ0n) is 11.6. The Morgan fingerprint density at radius 2 is 1.77 bits per heavy atom. The molecule has 7 heteroatoms. The second kappa shape index (κ2) is 6.06. The van der Waals surface area contributed by atoms with Gasteiger partial charge < -0.3 is 16.2 Å². The van der Waals surface area contributed by atoms with Gasteiger partial charge in [0.05, 0.1) is 28.1 Å². The van der Waals surface area contributed by atoms with Gasteiger partial charge in [0.15, 0.2) is 0 Å². The highest BCUT2D eigenvalue weighted by atomic mass is 35.5. The van der Waals surface area contributed by atoms with Gasteiger partial charge in [-0.3, -0.25) is 0 Å². The summed E-state index contributed by atoms with van der Waals surface area (Å²) in [4.78, 5) is 0. The van der Waals surface area contributed by atoms with Crippen LogP contribution < -0.4 is 11.1 Å². The van der Waals surface area contributed by atoms with Crippen LogP contribution >= 0.6 is 11.6 Å². The number of hydrogen-bond acceptors (Lipinski definition) is 3. The predicted molar refractivity (Wildman–Crippen MR) is 81.2 cm³/mol. The van der Waals surface area contributed by atoms with Crippen LogP contribution in [0.2, 0.25) is 5.02 Å². The summed E-state index contributed by atoms with van der Waals surface area (Å²) in [5.74, 6) is 0. The van der Waals surface area contributed by atoms with Crippen LogP contribution in [0, 0.1) is 0 Å². The topological polar surface area (TPSA) is 58.3 Å². The van der Waals surface area contributed by atoms with Crippen molar-refractivity contribution in [2.24, 2.45) is 0 Å². The fraction of sp³-hybridized carbons (Fsp3) is 0.200. The molecule has 0 aliphatic rings. The number of rotatable bonds is 3. The predicted octanol–water partition coefficient (Wildman–Crippen LogP) is 4.74. The Hall–Kier alpha value is -1.92. The summed E-state index contributed by atoms with van der Waals surface area (Å²) in [5.41, 5.74) is 6.25. The molecule has 0 bridgehead atoms. The SMILES string of the molecule is CC(O)c1ccc(Nc2cc(Cl)c(C(F)(F)F)cc2N)cc1. The van der Waals surface area contributed by atoms with E-state index in [0.29, 0.717) is 5.69 Å². The number of aliphatic hydroxyl groups excluding tert-OH is 1. The molecule has 0 heterocycles. The molecule has 0 saturated heterocycles. The Labute approximate surface area is 130 Å². The number of aliphatic hydroxyl groups is 1. The maximum atomic E-state index is 12.7. The van der Waals surface area contributed by atoms with E-state index < -0.39 is 22.9 Å². The van der Waals surface area contributed by atoms with E-state index >= 15 is 0 Å². The van der Waals surface area contributed by atoms with Crippen molar-refractivity contribution in [3.63, 3.8) is 0 Å². The summed E-state index contributed by atoms with van der Waals surface area (Å²) in [6.45, 7) is 1.63. The van der Waals surface area contributed by atoms with Gasteiger partial charge in [0.2, 0.25) is 0 Å². The van der Waals surface area contributed by atoms with E-state index in [1.807, 2.05) is 0 Å². The number of halogens is 4. The standard InChI is InChI=1S/C15H14ClF3N2O/c1-8(22)9-2-4-10(5-3-9)21-14-7-12(16)11(6-13(14)20)15(17,18)19/h2-8,21-22H,20H2,1H3. The summed E-state index contributed by atoms with van der Waals surface area (Å²) in [7, 11) is 0. The van der Waals surface area contributed by atoms with Gasteiger partial charge in [-0.25, -0.2) is 0 Å². The van der Waals surface area contributed by atoms with Gasteiger partial charge in [0.1, 0.15) is 0 Å². The number of nitrogen functional groups attached to an aromatic ring is 1. The molecule has 4 N–H and O–H groups in total. The molecular weight excluding hydrogens is 317 g/mol. The highest BCUT2D eigenvalue weighted by molar-refractivity contribution is 6.32. The van der Waals surface area contributed by atoms with Crippen molar-refractivity contribution in [3.05, 3.63) is 52.5 Å². The van der Waals surface area contributed by atoms with Crippen molar-refractivity contribution in [2.45, 2.75) is 19.2 Å². The molecule has 22 heavy (non-hydrogen) atoms. The molecule has 0 amide bonds. The molecular formula is C15H14ClF3N2O. The minimum atomic E-state index is -4.55. The summed E-state index contributed by atoms with van der Waals surface area (Å²) < 4.78 is 38.2. The molecule has 1 unspecified atom stereocenters. The average molecular weight is 331 g/mol. The van der Waals surface area contributed by atoms with Crippen LogP contribution in [-0.4, -0.2) is 5.11 Å². The molecule has 0 aliphatic heterocycles. The van der Waals surface area contributed by atoms with Gasteiger partial charge in [-0.2, -0.15) is 13.2 Å². The van der Waals surface area contributed by atoms with Crippen LogP contribution in [0.1, 0.15) is 24.2 Å². The number of benzene rings is 2. The van der Waals surface area contributed by atoms with Crippen LogP contribution in [0.4, 0.5) is 30.2 Å². The average Bonchev–Trinajstić information content (AvgIpc) is 2.42. The molecule has 3 nitrogen and oxygen atoms in total. The number of anilines is 3. The third-order valence-electron chi connectivity index (χ3n) is 3.12. The maximum Gasteiger partial charge on any atom is 0.417 e. The van der Waals surface area contributed by atoms with Crippen LogP contribution in [0.5, 0.6) is 0 Å². The Bertz CT molecular complexity index is 670. The van der Waals surface area contributed by atoms with Gasteiger partial charge in [0.25, 0.3) is 0 Å². The van der Waals surface area contributed by atoms with E-state index in [9.17, 15) is 18.3 Å². The monoisotopic (exact) mass is 330 g/mol. The lowest BCUT2D eigenvalue weighted by atomic mass is 10.1. The van der Waals surface area contributed by atoms with E-state index in [1.54, 1.807) is 31.2 Å². The summed E-state index contributed by atoms with van der Waals surface area (Å²) >= 11 is 5.67. The van der Waals surface area contributed by atoms with E-state index in [4.69, 9.17) is 17.3 Å². The summed E-state index contributed by atoms with van der Waals surface area (Å²) in [6, 6.07) is 8.72. The van der Waals surface area contributed by atoms with Crippen LogP contribution in [0.15, 0.2) is 36.4 Å². The number of hydrogen-bond donors (Lipinski definition) is 3. The lowest BCUT2D eigenvalue weighted by Crippen LogP contribution is -2.08. The molecule has 2 aromatic rings. The number of nitrogens with one attached hydrogen (secondary N) is 1. The van der Waals surface area contributed by atoms with Crippen molar-refractivity contribution < 1.29 is 18.3 Å². The molecule has 0 saturated carbocycles. The third kappa shape index (κ3) is 3.64. The molecule has 0 aromatic heterocycles. The molecule has 0 aliphatic carbocycles. The van der Waals surface area contributed by atoms with E-state index in [-0.39, 0.29) is 11.4 Å². The van der Waals surface area contributed by atoms with Crippen molar-refractivity contribution >= 4 is 28.7 Å². The quantitative estimate of drug-likeness (QED) is 0.712. The number of nitrogens with two attached hydrogens (primary N) is 1. The largest absolute Gasteiger partial charge is 0.417 e. The second-order valence-electron chi connectivity index (χ2n) is 4.84. The first-order valence-electron chi connectivity index (χ1n) is 6.39. The first kappa shape index (κ1) is 16.5. The zero-order valence-corrected chi connectivity index (χ0v) is 12.3.